The molecule has 1 fully saturated rings. The fourth-order valence-electron chi connectivity index (χ4n) is 3.65. The van der Waals surface area contributed by atoms with Crippen LogP contribution in [0.25, 0.3) is 0 Å². The van der Waals surface area contributed by atoms with Crippen LogP contribution < -0.4 is 5.32 Å². The third kappa shape index (κ3) is 2.75. The van der Waals surface area contributed by atoms with Gasteiger partial charge < -0.3 is 10.1 Å². The van der Waals surface area contributed by atoms with Gasteiger partial charge in [-0.05, 0) is 30.2 Å². The van der Waals surface area contributed by atoms with E-state index < -0.39 is 11.7 Å². The Morgan fingerprint density at radius 1 is 1.32 bits per heavy atom. The van der Waals surface area contributed by atoms with Crippen molar-refractivity contribution >= 4 is 0 Å². The van der Waals surface area contributed by atoms with Crippen molar-refractivity contribution in [2.45, 2.75) is 37.7 Å². The van der Waals surface area contributed by atoms with Crippen LogP contribution in [0.2, 0.25) is 0 Å². The minimum Gasteiger partial charge on any atom is -0.379 e. The molecule has 0 spiro atoms. The lowest BCUT2D eigenvalue weighted by Crippen LogP contribution is -2.52. The number of ether oxygens (including phenoxy) is 1. The minimum atomic E-state index is -4.29. The zero-order chi connectivity index (χ0) is 15.9. The highest BCUT2D eigenvalue weighted by Gasteiger charge is 2.41. The largest absolute Gasteiger partial charge is 0.416 e. The first kappa shape index (κ1) is 15.8. The van der Waals surface area contributed by atoms with E-state index in [0.717, 1.165) is 30.8 Å². The smallest absolute Gasteiger partial charge is 0.379 e. The standard InChI is InChI=1S/C16H21F3N2O/c1-10-9-20-5-6-21(10)15-13-4-3-12(16(17,18)19)7-11(13)8-14(15)22-2/h3-4,7,10,14-15,20H,5-6,8-9H2,1-2H3. The van der Waals surface area contributed by atoms with E-state index in [-0.39, 0.29) is 12.1 Å². The summed E-state index contributed by atoms with van der Waals surface area (Å²) in [5.74, 6) is 0. The molecule has 122 valence electrons. The Bertz CT molecular complexity index is 547. The molecule has 0 saturated carbocycles. The summed E-state index contributed by atoms with van der Waals surface area (Å²) in [7, 11) is 1.64. The summed E-state index contributed by atoms with van der Waals surface area (Å²) in [6, 6.07) is 4.49. The summed E-state index contributed by atoms with van der Waals surface area (Å²) < 4.78 is 44.3. The molecule has 1 aromatic carbocycles. The molecule has 2 aliphatic rings. The molecule has 0 amide bonds. The van der Waals surface area contributed by atoms with E-state index in [9.17, 15) is 13.2 Å². The number of hydrogen-bond acceptors (Lipinski definition) is 3. The molecule has 3 atom stereocenters. The number of rotatable bonds is 2. The molecule has 3 nitrogen and oxygen atoms in total. The lowest BCUT2D eigenvalue weighted by Gasteiger charge is -2.40. The van der Waals surface area contributed by atoms with Crippen molar-refractivity contribution < 1.29 is 17.9 Å². The van der Waals surface area contributed by atoms with E-state index in [1.54, 1.807) is 13.2 Å². The topological polar surface area (TPSA) is 24.5 Å². The molecular weight excluding hydrogens is 293 g/mol. The van der Waals surface area contributed by atoms with Crippen molar-refractivity contribution in [1.82, 2.24) is 10.2 Å². The summed E-state index contributed by atoms with van der Waals surface area (Å²) in [5.41, 5.74) is 1.17. The van der Waals surface area contributed by atoms with Crippen LogP contribution in [0.4, 0.5) is 13.2 Å². The Morgan fingerprint density at radius 3 is 2.73 bits per heavy atom. The molecule has 1 heterocycles. The molecule has 1 aliphatic carbocycles. The van der Waals surface area contributed by atoms with Crippen LogP contribution in [0, 0.1) is 0 Å². The summed E-state index contributed by atoms with van der Waals surface area (Å²) >= 11 is 0. The quantitative estimate of drug-likeness (QED) is 0.908. The summed E-state index contributed by atoms with van der Waals surface area (Å²) in [6.45, 7) is 4.81. The van der Waals surface area contributed by atoms with Crippen LogP contribution in [0.15, 0.2) is 18.2 Å². The highest BCUT2D eigenvalue weighted by Crippen LogP contribution is 2.41. The first-order valence-corrected chi connectivity index (χ1v) is 7.61. The Kier molecular flexibility index (Phi) is 4.18. The first-order valence-electron chi connectivity index (χ1n) is 7.61. The third-order valence-electron chi connectivity index (χ3n) is 4.77. The lowest BCUT2D eigenvalue weighted by atomic mass is 10.0. The van der Waals surface area contributed by atoms with Crippen molar-refractivity contribution in [2.75, 3.05) is 26.7 Å². The van der Waals surface area contributed by atoms with Crippen molar-refractivity contribution in [3.05, 3.63) is 34.9 Å². The number of hydrogen-bond donors (Lipinski definition) is 1. The Labute approximate surface area is 128 Å². The fraction of sp³-hybridized carbons (Fsp3) is 0.625. The molecule has 1 N–H and O–H groups in total. The lowest BCUT2D eigenvalue weighted by molar-refractivity contribution is -0.137. The van der Waals surface area contributed by atoms with Gasteiger partial charge in [0.05, 0.1) is 17.7 Å². The van der Waals surface area contributed by atoms with E-state index in [0.29, 0.717) is 12.5 Å². The molecule has 0 radical (unpaired) electrons. The van der Waals surface area contributed by atoms with Crippen LogP contribution >= 0.6 is 0 Å². The fourth-order valence-corrected chi connectivity index (χ4v) is 3.65. The van der Waals surface area contributed by atoms with Gasteiger partial charge in [0.25, 0.3) is 0 Å². The molecule has 3 rings (SSSR count). The second kappa shape index (κ2) is 5.83. The number of nitrogens with one attached hydrogen (secondary N) is 1. The highest BCUT2D eigenvalue weighted by molar-refractivity contribution is 5.41. The number of methoxy groups -OCH3 is 1. The summed E-state index contributed by atoms with van der Waals surface area (Å²) in [4.78, 5) is 2.35. The Balaban J connectivity index is 1.95. The SMILES string of the molecule is COC1Cc2cc(C(F)(F)F)ccc2C1N1CCNCC1C. The molecule has 1 saturated heterocycles. The normalized spacial score (nSPS) is 29.6. The maximum absolute atomic E-state index is 12.9. The number of nitrogens with zero attached hydrogens (tertiary/aromatic N) is 1. The predicted octanol–water partition coefficient (Wildman–Crippen LogP) is 2.61. The molecule has 1 aliphatic heterocycles. The van der Waals surface area contributed by atoms with Crippen LogP contribution in [-0.2, 0) is 17.3 Å². The zero-order valence-corrected chi connectivity index (χ0v) is 12.8. The Hall–Kier alpha value is -1.11. The number of piperazine rings is 1. The summed E-state index contributed by atoms with van der Waals surface area (Å²) in [5, 5.41) is 3.34. The predicted molar refractivity (Wildman–Crippen MR) is 77.7 cm³/mol. The van der Waals surface area contributed by atoms with E-state index in [4.69, 9.17) is 4.74 Å². The van der Waals surface area contributed by atoms with Gasteiger partial charge in [-0.2, -0.15) is 13.2 Å². The van der Waals surface area contributed by atoms with Gasteiger partial charge in [-0.15, -0.1) is 0 Å². The van der Waals surface area contributed by atoms with Gasteiger partial charge in [0.2, 0.25) is 0 Å². The number of halogens is 3. The molecule has 0 bridgehead atoms. The van der Waals surface area contributed by atoms with E-state index >= 15 is 0 Å². The van der Waals surface area contributed by atoms with Crippen molar-refractivity contribution in [3.63, 3.8) is 0 Å². The van der Waals surface area contributed by atoms with E-state index in [2.05, 4.69) is 17.1 Å². The average molecular weight is 314 g/mol. The maximum Gasteiger partial charge on any atom is 0.416 e. The van der Waals surface area contributed by atoms with Crippen LogP contribution in [0.1, 0.15) is 29.7 Å². The van der Waals surface area contributed by atoms with E-state index in [1.165, 1.54) is 12.1 Å². The summed E-state index contributed by atoms with van der Waals surface area (Å²) in [6.07, 6.45) is -3.84. The molecule has 3 unspecified atom stereocenters. The molecule has 22 heavy (non-hydrogen) atoms. The highest BCUT2D eigenvalue weighted by atomic mass is 19.4. The van der Waals surface area contributed by atoms with Crippen LogP contribution in [0.3, 0.4) is 0 Å². The molecule has 1 aromatic rings. The molecule has 0 aromatic heterocycles. The van der Waals surface area contributed by atoms with Gasteiger partial charge in [-0.3, -0.25) is 4.90 Å². The van der Waals surface area contributed by atoms with Crippen LogP contribution in [0.5, 0.6) is 0 Å². The van der Waals surface area contributed by atoms with Gasteiger partial charge >= 0.3 is 6.18 Å². The van der Waals surface area contributed by atoms with Gasteiger partial charge in [0, 0.05) is 39.2 Å². The number of benzene rings is 1. The third-order valence-corrected chi connectivity index (χ3v) is 4.77. The van der Waals surface area contributed by atoms with Crippen LogP contribution in [-0.4, -0.2) is 43.8 Å². The van der Waals surface area contributed by atoms with Gasteiger partial charge in [-0.1, -0.05) is 6.07 Å². The second-order valence-electron chi connectivity index (χ2n) is 6.13. The van der Waals surface area contributed by atoms with Gasteiger partial charge in [-0.25, -0.2) is 0 Å². The van der Waals surface area contributed by atoms with Gasteiger partial charge in [0.15, 0.2) is 0 Å². The van der Waals surface area contributed by atoms with Gasteiger partial charge in [0.1, 0.15) is 0 Å². The maximum atomic E-state index is 12.9. The number of alkyl halides is 3. The molecule has 6 heteroatoms. The van der Waals surface area contributed by atoms with Crippen molar-refractivity contribution in [3.8, 4) is 0 Å². The zero-order valence-electron chi connectivity index (χ0n) is 12.8. The van der Waals surface area contributed by atoms with Crippen molar-refractivity contribution in [1.29, 1.82) is 0 Å². The number of fused-ring (bicyclic) bond motifs is 1. The van der Waals surface area contributed by atoms with E-state index in [1.807, 2.05) is 0 Å². The van der Waals surface area contributed by atoms with Crippen molar-refractivity contribution in [2.24, 2.45) is 0 Å². The Morgan fingerprint density at radius 2 is 2.09 bits per heavy atom. The molecular formula is C16H21F3N2O. The second-order valence-corrected chi connectivity index (χ2v) is 6.13. The monoisotopic (exact) mass is 314 g/mol. The minimum absolute atomic E-state index is 0.0411. The average Bonchev–Trinajstić information content (AvgIpc) is 2.84. The first-order chi connectivity index (χ1) is 10.4.